The Bertz CT molecular complexity index is 462. The maximum atomic E-state index is 11.9. The molecule has 1 saturated heterocycles. The summed E-state index contributed by atoms with van der Waals surface area (Å²) in [5.41, 5.74) is 1.18. The van der Waals surface area contributed by atoms with Crippen molar-refractivity contribution in [1.29, 1.82) is 0 Å². The molecule has 3 rings (SSSR count). The summed E-state index contributed by atoms with van der Waals surface area (Å²) in [6.07, 6.45) is 1.79. The van der Waals surface area contributed by atoms with Gasteiger partial charge in [0, 0.05) is 18.1 Å². The van der Waals surface area contributed by atoms with Gasteiger partial charge < -0.3 is 14.2 Å². The van der Waals surface area contributed by atoms with E-state index in [9.17, 15) is 9.59 Å². The molecule has 5 nitrogen and oxygen atoms in total. The van der Waals surface area contributed by atoms with Gasteiger partial charge >= 0.3 is 5.97 Å². The maximum absolute atomic E-state index is 11.9. The molecule has 0 aromatic heterocycles. The molecule has 4 atom stereocenters. The standard InChI is InChI=1S/C12H12O5/c1-5-3-7-8(4-15-5)10(16-6(2)13)12-11(17-12)9(7)14/h3-5,10-12H,1-2H3/t5?,10-,11-,12+/m0/s1. The molecule has 2 fully saturated rings. The van der Waals surface area contributed by atoms with Crippen LogP contribution in [0.4, 0.5) is 0 Å². The molecular formula is C12H12O5. The molecule has 2 heterocycles. The first-order valence-electron chi connectivity index (χ1n) is 5.52. The van der Waals surface area contributed by atoms with E-state index in [0.29, 0.717) is 11.1 Å². The number of Topliss-reactive ketones (excluding diaryl/α,β-unsaturated/α-hetero) is 1. The Hall–Kier alpha value is -1.62. The normalized spacial score (nSPS) is 38.1. The lowest BCUT2D eigenvalue weighted by atomic mass is 9.85. The van der Waals surface area contributed by atoms with E-state index in [1.54, 1.807) is 6.08 Å². The molecule has 5 heteroatoms. The Kier molecular flexibility index (Phi) is 2.13. The molecule has 0 bridgehead atoms. The van der Waals surface area contributed by atoms with Gasteiger partial charge in [0.1, 0.15) is 12.2 Å². The summed E-state index contributed by atoms with van der Waals surface area (Å²) in [6, 6.07) is 0. The monoisotopic (exact) mass is 236 g/mol. The molecule has 0 spiro atoms. The highest BCUT2D eigenvalue weighted by atomic mass is 16.6. The van der Waals surface area contributed by atoms with Gasteiger partial charge in [-0.2, -0.15) is 0 Å². The van der Waals surface area contributed by atoms with Crippen LogP contribution in [0.5, 0.6) is 0 Å². The van der Waals surface area contributed by atoms with Gasteiger partial charge in [0.2, 0.25) is 0 Å². The Labute approximate surface area is 98.0 Å². The molecule has 1 unspecified atom stereocenters. The van der Waals surface area contributed by atoms with Crippen molar-refractivity contribution in [3.8, 4) is 0 Å². The van der Waals surface area contributed by atoms with Crippen LogP contribution in [-0.2, 0) is 23.8 Å². The van der Waals surface area contributed by atoms with E-state index in [1.807, 2.05) is 6.92 Å². The van der Waals surface area contributed by atoms with Crippen molar-refractivity contribution in [1.82, 2.24) is 0 Å². The van der Waals surface area contributed by atoms with Crippen LogP contribution in [0.1, 0.15) is 13.8 Å². The first-order chi connectivity index (χ1) is 8.08. The van der Waals surface area contributed by atoms with Gasteiger partial charge in [0.25, 0.3) is 0 Å². The third-order valence-corrected chi connectivity index (χ3v) is 3.07. The molecule has 1 saturated carbocycles. The van der Waals surface area contributed by atoms with Gasteiger partial charge in [-0.25, -0.2) is 0 Å². The second-order valence-corrected chi connectivity index (χ2v) is 4.41. The van der Waals surface area contributed by atoms with Gasteiger partial charge in [0.05, 0.1) is 6.26 Å². The minimum absolute atomic E-state index is 0.0418. The number of rotatable bonds is 1. The number of epoxide rings is 1. The third kappa shape index (κ3) is 1.58. The molecule has 90 valence electrons. The van der Waals surface area contributed by atoms with Crippen LogP contribution in [-0.4, -0.2) is 36.2 Å². The first-order valence-corrected chi connectivity index (χ1v) is 5.52. The highest BCUT2D eigenvalue weighted by molar-refractivity contribution is 6.06. The Morgan fingerprint density at radius 1 is 1.47 bits per heavy atom. The summed E-state index contributed by atoms with van der Waals surface area (Å²) in [5.74, 6) is -0.433. The molecule has 0 N–H and O–H groups in total. The van der Waals surface area contributed by atoms with E-state index < -0.39 is 18.2 Å². The van der Waals surface area contributed by atoms with Gasteiger partial charge in [0.15, 0.2) is 18.0 Å². The van der Waals surface area contributed by atoms with Crippen molar-refractivity contribution in [3.63, 3.8) is 0 Å². The largest absolute Gasteiger partial charge is 0.494 e. The van der Waals surface area contributed by atoms with Crippen molar-refractivity contribution in [2.75, 3.05) is 0 Å². The van der Waals surface area contributed by atoms with Gasteiger partial charge in [-0.15, -0.1) is 0 Å². The molecule has 3 aliphatic rings. The second kappa shape index (κ2) is 3.43. The zero-order chi connectivity index (χ0) is 12.2. The summed E-state index contributed by atoms with van der Waals surface area (Å²) >= 11 is 0. The van der Waals surface area contributed by atoms with Crippen molar-refractivity contribution in [2.24, 2.45) is 0 Å². The second-order valence-electron chi connectivity index (χ2n) is 4.41. The predicted octanol–water partition coefficient (Wildman–Crippen LogP) is 0.497. The number of hydrogen-bond acceptors (Lipinski definition) is 5. The van der Waals surface area contributed by atoms with Crippen LogP contribution in [0.25, 0.3) is 0 Å². The number of esters is 1. The molecule has 17 heavy (non-hydrogen) atoms. The van der Waals surface area contributed by atoms with E-state index >= 15 is 0 Å². The van der Waals surface area contributed by atoms with Crippen molar-refractivity contribution >= 4 is 11.8 Å². The molecule has 0 aromatic rings. The lowest BCUT2D eigenvalue weighted by Gasteiger charge is -2.27. The van der Waals surface area contributed by atoms with Crippen LogP contribution >= 0.6 is 0 Å². The lowest BCUT2D eigenvalue weighted by Crippen LogP contribution is -2.37. The highest BCUT2D eigenvalue weighted by Gasteiger charge is 2.59. The number of carbonyl (C=O) groups is 2. The zero-order valence-corrected chi connectivity index (χ0v) is 9.51. The van der Waals surface area contributed by atoms with Crippen molar-refractivity contribution in [3.05, 3.63) is 23.5 Å². The Morgan fingerprint density at radius 3 is 2.94 bits per heavy atom. The van der Waals surface area contributed by atoms with Gasteiger partial charge in [-0.1, -0.05) is 0 Å². The number of hydrogen-bond donors (Lipinski definition) is 0. The third-order valence-electron chi connectivity index (χ3n) is 3.07. The number of carbonyl (C=O) groups excluding carboxylic acids is 2. The lowest BCUT2D eigenvalue weighted by molar-refractivity contribution is -0.145. The first kappa shape index (κ1) is 10.5. The summed E-state index contributed by atoms with van der Waals surface area (Å²) in [6.45, 7) is 3.18. The average Bonchev–Trinajstić information content (AvgIpc) is 3.04. The summed E-state index contributed by atoms with van der Waals surface area (Å²) < 4.78 is 15.8. The molecule has 2 aliphatic heterocycles. The van der Waals surface area contributed by atoms with Crippen molar-refractivity contribution < 1.29 is 23.8 Å². The number of ketones is 1. The summed E-state index contributed by atoms with van der Waals surface area (Å²) in [4.78, 5) is 23.0. The van der Waals surface area contributed by atoms with Crippen LogP contribution in [0.2, 0.25) is 0 Å². The van der Waals surface area contributed by atoms with E-state index in [2.05, 4.69) is 0 Å². The minimum atomic E-state index is -0.519. The van der Waals surface area contributed by atoms with Gasteiger partial charge in [-0.05, 0) is 13.0 Å². The molecule has 1 aliphatic carbocycles. The summed E-state index contributed by atoms with van der Waals surface area (Å²) in [5, 5.41) is 0. The molecular weight excluding hydrogens is 224 g/mol. The minimum Gasteiger partial charge on any atom is -0.494 e. The Balaban J connectivity index is 1.95. The quantitative estimate of drug-likeness (QED) is 0.490. The average molecular weight is 236 g/mol. The van der Waals surface area contributed by atoms with Crippen LogP contribution < -0.4 is 0 Å². The SMILES string of the molecule is CC(=O)O[C@H]1C2=COC(C)C=C2C(=O)[C@@H]2O[C@@H]21. The highest BCUT2D eigenvalue weighted by Crippen LogP contribution is 2.43. The number of fused-ring (bicyclic) bond motifs is 2. The van der Waals surface area contributed by atoms with E-state index in [4.69, 9.17) is 14.2 Å². The van der Waals surface area contributed by atoms with E-state index in [-0.39, 0.29) is 18.0 Å². The number of ether oxygens (including phenoxy) is 3. The predicted molar refractivity (Wildman–Crippen MR) is 55.9 cm³/mol. The fourth-order valence-electron chi connectivity index (χ4n) is 2.26. The summed E-state index contributed by atoms with van der Waals surface area (Å²) in [7, 11) is 0. The van der Waals surface area contributed by atoms with E-state index in [0.717, 1.165) is 0 Å². The van der Waals surface area contributed by atoms with Crippen LogP contribution in [0.15, 0.2) is 23.5 Å². The van der Waals surface area contributed by atoms with Crippen LogP contribution in [0.3, 0.4) is 0 Å². The fourth-order valence-corrected chi connectivity index (χ4v) is 2.26. The molecule has 0 radical (unpaired) electrons. The van der Waals surface area contributed by atoms with E-state index in [1.165, 1.54) is 13.2 Å². The fraction of sp³-hybridized carbons (Fsp3) is 0.500. The van der Waals surface area contributed by atoms with Gasteiger partial charge in [-0.3, -0.25) is 9.59 Å². The smallest absolute Gasteiger partial charge is 0.303 e. The topological polar surface area (TPSA) is 65.1 Å². The Morgan fingerprint density at radius 2 is 2.24 bits per heavy atom. The zero-order valence-electron chi connectivity index (χ0n) is 9.51. The molecule has 0 amide bonds. The van der Waals surface area contributed by atoms with Crippen molar-refractivity contribution in [2.45, 2.75) is 38.3 Å². The van der Waals surface area contributed by atoms with Crippen LogP contribution in [0, 0.1) is 0 Å². The molecule has 0 aromatic carbocycles. The maximum Gasteiger partial charge on any atom is 0.303 e.